The molecule has 0 unspecified atom stereocenters. The van der Waals surface area contributed by atoms with Crippen LogP contribution in [0.3, 0.4) is 0 Å². The van der Waals surface area contributed by atoms with Crippen LogP contribution >= 0.6 is 11.3 Å². The molecule has 0 bridgehead atoms. The van der Waals surface area contributed by atoms with Crippen LogP contribution in [-0.2, 0) is 11.2 Å². The molecule has 24 heavy (non-hydrogen) atoms. The van der Waals surface area contributed by atoms with Gasteiger partial charge in [-0.05, 0) is 36.1 Å². The molecule has 2 heterocycles. The lowest BCUT2D eigenvalue weighted by Crippen LogP contribution is -2.28. The quantitative estimate of drug-likeness (QED) is 0.722. The number of hydrogen-bond donors (Lipinski definition) is 1. The minimum Gasteiger partial charge on any atom is -0.497 e. The van der Waals surface area contributed by atoms with E-state index in [1.807, 2.05) is 24.4 Å². The summed E-state index contributed by atoms with van der Waals surface area (Å²) in [6.07, 6.45) is 0.115. The van der Waals surface area contributed by atoms with Crippen LogP contribution in [0.2, 0.25) is 0 Å². The van der Waals surface area contributed by atoms with Gasteiger partial charge in [0.05, 0.1) is 19.6 Å². The number of methoxy groups -OCH3 is 1. The van der Waals surface area contributed by atoms with Gasteiger partial charge in [-0.2, -0.15) is 0 Å². The molecule has 0 radical (unpaired) electrons. The average Bonchev–Trinajstić information content (AvgIpc) is 3.08. The van der Waals surface area contributed by atoms with Gasteiger partial charge >= 0.3 is 5.63 Å². The maximum atomic E-state index is 12.3. The number of thiophene rings is 1. The molecule has 5 nitrogen and oxygen atoms in total. The average molecular weight is 343 g/mol. The van der Waals surface area contributed by atoms with Gasteiger partial charge in [0.2, 0.25) is 5.91 Å². The largest absolute Gasteiger partial charge is 0.497 e. The SMILES string of the molecule is COc1ccc2c(CC(=O)N[C@H](C)c3cccs3)cc(=O)oc2c1. The summed E-state index contributed by atoms with van der Waals surface area (Å²) in [5.74, 6) is 0.456. The highest BCUT2D eigenvalue weighted by atomic mass is 32.1. The van der Waals surface area contributed by atoms with Crippen LogP contribution in [-0.4, -0.2) is 13.0 Å². The van der Waals surface area contributed by atoms with E-state index in [1.165, 1.54) is 6.07 Å². The Morgan fingerprint density at radius 3 is 2.88 bits per heavy atom. The molecule has 1 amide bonds. The first-order chi connectivity index (χ1) is 11.6. The zero-order valence-electron chi connectivity index (χ0n) is 13.4. The van der Waals surface area contributed by atoms with E-state index < -0.39 is 5.63 Å². The zero-order valence-corrected chi connectivity index (χ0v) is 14.2. The van der Waals surface area contributed by atoms with Crippen molar-refractivity contribution in [3.05, 3.63) is 62.6 Å². The van der Waals surface area contributed by atoms with Crippen molar-refractivity contribution >= 4 is 28.2 Å². The van der Waals surface area contributed by atoms with Gasteiger partial charge in [0.15, 0.2) is 0 Å². The second-order valence-electron chi connectivity index (χ2n) is 5.43. The fraction of sp³-hybridized carbons (Fsp3) is 0.222. The van der Waals surface area contributed by atoms with Crippen LogP contribution in [0.15, 0.2) is 51.0 Å². The zero-order chi connectivity index (χ0) is 17.1. The van der Waals surface area contributed by atoms with Gasteiger partial charge in [-0.3, -0.25) is 4.79 Å². The first-order valence-corrected chi connectivity index (χ1v) is 8.38. The normalized spacial score (nSPS) is 12.1. The molecule has 0 aliphatic rings. The summed E-state index contributed by atoms with van der Waals surface area (Å²) >= 11 is 1.59. The fourth-order valence-corrected chi connectivity index (χ4v) is 3.29. The molecule has 1 aromatic carbocycles. The van der Waals surface area contributed by atoms with E-state index >= 15 is 0 Å². The van der Waals surface area contributed by atoms with E-state index in [0.717, 1.165) is 10.3 Å². The highest BCUT2D eigenvalue weighted by molar-refractivity contribution is 7.10. The Bertz CT molecular complexity index is 914. The Morgan fingerprint density at radius 1 is 1.33 bits per heavy atom. The summed E-state index contributed by atoms with van der Waals surface area (Å²) in [5, 5.41) is 5.66. The van der Waals surface area contributed by atoms with Crippen molar-refractivity contribution in [3.8, 4) is 5.75 Å². The van der Waals surface area contributed by atoms with Crippen LogP contribution in [0.25, 0.3) is 11.0 Å². The maximum Gasteiger partial charge on any atom is 0.336 e. The second-order valence-corrected chi connectivity index (χ2v) is 6.41. The summed E-state index contributed by atoms with van der Waals surface area (Å²) in [6.45, 7) is 1.94. The molecular weight excluding hydrogens is 326 g/mol. The van der Waals surface area contributed by atoms with Crippen molar-refractivity contribution in [2.45, 2.75) is 19.4 Å². The Hall–Kier alpha value is -2.60. The van der Waals surface area contributed by atoms with Gasteiger partial charge in [-0.25, -0.2) is 4.79 Å². The fourth-order valence-electron chi connectivity index (χ4n) is 2.56. The van der Waals surface area contributed by atoms with Crippen LogP contribution in [0.5, 0.6) is 5.75 Å². The highest BCUT2D eigenvalue weighted by Crippen LogP contribution is 2.23. The molecule has 0 aliphatic carbocycles. The van der Waals surface area contributed by atoms with Gasteiger partial charge < -0.3 is 14.5 Å². The third-order valence-corrected chi connectivity index (χ3v) is 4.79. The molecule has 3 rings (SSSR count). The topological polar surface area (TPSA) is 68.5 Å². The standard InChI is InChI=1S/C18H17NO4S/c1-11(16-4-3-7-24-16)19-17(20)8-12-9-18(21)23-15-10-13(22-2)5-6-14(12)15/h3-7,9-11H,8H2,1-2H3,(H,19,20)/t11-/m1/s1. The van der Waals surface area contributed by atoms with E-state index in [-0.39, 0.29) is 18.4 Å². The van der Waals surface area contributed by atoms with Crippen molar-refractivity contribution in [1.29, 1.82) is 0 Å². The molecule has 0 aliphatic heterocycles. The summed E-state index contributed by atoms with van der Waals surface area (Å²) in [5.41, 5.74) is 0.570. The predicted octanol–water partition coefficient (Wildman–Crippen LogP) is 3.28. The molecular formula is C18H17NO4S. The Balaban J connectivity index is 1.84. The summed E-state index contributed by atoms with van der Waals surface area (Å²) in [7, 11) is 1.54. The number of nitrogens with one attached hydrogen (secondary N) is 1. The van der Waals surface area contributed by atoms with Gasteiger partial charge in [0.1, 0.15) is 11.3 Å². The third-order valence-electron chi connectivity index (χ3n) is 3.74. The van der Waals surface area contributed by atoms with Crippen molar-refractivity contribution in [3.63, 3.8) is 0 Å². The van der Waals surface area contributed by atoms with Crippen molar-refractivity contribution in [2.75, 3.05) is 7.11 Å². The molecule has 124 valence electrons. The van der Waals surface area contributed by atoms with E-state index in [2.05, 4.69) is 5.32 Å². The molecule has 1 N–H and O–H groups in total. The highest BCUT2D eigenvalue weighted by Gasteiger charge is 2.14. The summed E-state index contributed by atoms with van der Waals surface area (Å²) in [4.78, 5) is 25.2. The van der Waals surface area contributed by atoms with E-state index in [1.54, 1.807) is 36.6 Å². The van der Waals surface area contributed by atoms with Gasteiger partial charge in [0, 0.05) is 22.4 Å². The molecule has 0 saturated heterocycles. The Morgan fingerprint density at radius 2 is 2.17 bits per heavy atom. The number of carbonyl (C=O) groups excluding carboxylic acids is 1. The van der Waals surface area contributed by atoms with Crippen LogP contribution in [0.4, 0.5) is 0 Å². The number of fused-ring (bicyclic) bond motifs is 1. The number of ether oxygens (including phenoxy) is 1. The molecule has 6 heteroatoms. The van der Waals surface area contributed by atoms with E-state index in [0.29, 0.717) is 16.9 Å². The Labute approximate surface area is 142 Å². The first kappa shape index (κ1) is 16.3. The number of hydrogen-bond acceptors (Lipinski definition) is 5. The van der Waals surface area contributed by atoms with Crippen molar-refractivity contribution in [1.82, 2.24) is 5.32 Å². The predicted molar refractivity (Wildman–Crippen MR) is 93.6 cm³/mol. The van der Waals surface area contributed by atoms with Crippen molar-refractivity contribution < 1.29 is 13.9 Å². The number of benzene rings is 1. The monoisotopic (exact) mass is 343 g/mol. The van der Waals surface area contributed by atoms with E-state index in [9.17, 15) is 9.59 Å². The van der Waals surface area contributed by atoms with Gasteiger partial charge in [-0.15, -0.1) is 11.3 Å². The summed E-state index contributed by atoms with van der Waals surface area (Å²) in [6, 6.07) is 10.4. The van der Waals surface area contributed by atoms with Crippen molar-refractivity contribution in [2.24, 2.45) is 0 Å². The van der Waals surface area contributed by atoms with Gasteiger partial charge in [0.25, 0.3) is 0 Å². The molecule has 1 atom stereocenters. The smallest absolute Gasteiger partial charge is 0.336 e. The van der Waals surface area contributed by atoms with Gasteiger partial charge in [-0.1, -0.05) is 6.07 Å². The lowest BCUT2D eigenvalue weighted by atomic mass is 10.1. The molecule has 3 aromatic rings. The van der Waals surface area contributed by atoms with Crippen LogP contribution < -0.4 is 15.7 Å². The van der Waals surface area contributed by atoms with E-state index in [4.69, 9.17) is 9.15 Å². The lowest BCUT2D eigenvalue weighted by Gasteiger charge is -2.13. The number of amides is 1. The minimum absolute atomic E-state index is 0.0658. The maximum absolute atomic E-state index is 12.3. The van der Waals surface area contributed by atoms with Crippen LogP contribution in [0, 0.1) is 0 Å². The number of rotatable bonds is 5. The molecule has 0 saturated carbocycles. The molecule has 0 spiro atoms. The molecule has 2 aromatic heterocycles. The van der Waals surface area contributed by atoms with Crippen LogP contribution in [0.1, 0.15) is 23.4 Å². The second kappa shape index (κ2) is 6.88. The summed E-state index contributed by atoms with van der Waals surface area (Å²) < 4.78 is 10.3. The lowest BCUT2D eigenvalue weighted by molar-refractivity contribution is -0.121. The third kappa shape index (κ3) is 3.49. The number of carbonyl (C=O) groups is 1. The molecule has 0 fully saturated rings. The Kier molecular flexibility index (Phi) is 4.66. The first-order valence-electron chi connectivity index (χ1n) is 7.50. The minimum atomic E-state index is -0.482.